The number of carbonyl (C=O) groups is 1. The van der Waals surface area contributed by atoms with Crippen molar-refractivity contribution >= 4 is 11.8 Å². The van der Waals surface area contributed by atoms with Crippen LogP contribution in [0.4, 0.5) is 5.82 Å². The predicted molar refractivity (Wildman–Crippen MR) is 61.9 cm³/mol. The maximum Gasteiger partial charge on any atom is 0.341 e. The number of carboxylic acids is 1. The number of hydrogen-bond acceptors (Lipinski definition) is 4. The largest absolute Gasteiger partial charge is 0.477 e. The molecular weight excluding hydrogens is 208 g/mol. The lowest BCUT2D eigenvalue weighted by Crippen LogP contribution is -2.22. The third-order valence-corrected chi connectivity index (χ3v) is 2.29. The molecule has 0 aliphatic carbocycles. The van der Waals surface area contributed by atoms with Crippen molar-refractivity contribution in [2.24, 2.45) is 7.05 Å². The van der Waals surface area contributed by atoms with Crippen LogP contribution in [0.15, 0.2) is 0 Å². The summed E-state index contributed by atoms with van der Waals surface area (Å²) in [7, 11) is 5.67. The van der Waals surface area contributed by atoms with Crippen LogP contribution in [0.25, 0.3) is 0 Å². The van der Waals surface area contributed by atoms with E-state index in [1.165, 1.54) is 0 Å². The van der Waals surface area contributed by atoms with Crippen LogP contribution in [0.1, 0.15) is 16.1 Å². The number of carboxylic acid groups (broad SMARTS) is 1. The zero-order valence-electron chi connectivity index (χ0n) is 10.1. The molecular formula is C10H18N4O2. The van der Waals surface area contributed by atoms with Crippen molar-refractivity contribution in [3.8, 4) is 0 Å². The third-order valence-electron chi connectivity index (χ3n) is 2.29. The van der Waals surface area contributed by atoms with Crippen molar-refractivity contribution in [3.63, 3.8) is 0 Å². The lowest BCUT2D eigenvalue weighted by atomic mass is 10.2. The fourth-order valence-corrected chi connectivity index (χ4v) is 1.51. The Balaban J connectivity index is 2.82. The smallest absolute Gasteiger partial charge is 0.341 e. The molecule has 0 aliphatic rings. The number of anilines is 1. The monoisotopic (exact) mass is 226 g/mol. The van der Waals surface area contributed by atoms with Crippen molar-refractivity contribution in [2.75, 3.05) is 32.5 Å². The van der Waals surface area contributed by atoms with Crippen LogP contribution in [-0.4, -0.2) is 52.9 Å². The normalized spacial score (nSPS) is 10.8. The summed E-state index contributed by atoms with van der Waals surface area (Å²) in [6, 6.07) is 0. The van der Waals surface area contributed by atoms with E-state index in [2.05, 4.69) is 10.4 Å². The molecule has 0 spiro atoms. The fraction of sp³-hybridized carbons (Fsp3) is 0.600. The van der Waals surface area contributed by atoms with E-state index in [-0.39, 0.29) is 5.56 Å². The summed E-state index contributed by atoms with van der Waals surface area (Å²) in [5, 5.41) is 16.2. The zero-order chi connectivity index (χ0) is 12.3. The maximum absolute atomic E-state index is 11.0. The van der Waals surface area contributed by atoms with E-state index < -0.39 is 5.97 Å². The molecule has 1 rings (SSSR count). The van der Waals surface area contributed by atoms with Gasteiger partial charge in [-0.05, 0) is 21.0 Å². The Morgan fingerprint density at radius 3 is 2.69 bits per heavy atom. The van der Waals surface area contributed by atoms with Gasteiger partial charge in [0.05, 0.1) is 5.69 Å². The second kappa shape index (κ2) is 4.98. The van der Waals surface area contributed by atoms with Crippen molar-refractivity contribution in [1.82, 2.24) is 14.7 Å². The topological polar surface area (TPSA) is 70.4 Å². The molecule has 0 bridgehead atoms. The van der Waals surface area contributed by atoms with Gasteiger partial charge in [0.1, 0.15) is 11.4 Å². The number of aryl methyl sites for hydroxylation is 2. The van der Waals surface area contributed by atoms with Gasteiger partial charge in [0.15, 0.2) is 0 Å². The highest BCUT2D eigenvalue weighted by atomic mass is 16.4. The fourth-order valence-electron chi connectivity index (χ4n) is 1.51. The minimum atomic E-state index is -0.946. The Labute approximate surface area is 94.9 Å². The molecule has 90 valence electrons. The summed E-state index contributed by atoms with van der Waals surface area (Å²) >= 11 is 0. The summed E-state index contributed by atoms with van der Waals surface area (Å²) < 4.78 is 1.56. The minimum Gasteiger partial charge on any atom is -0.477 e. The van der Waals surface area contributed by atoms with Crippen LogP contribution in [0.2, 0.25) is 0 Å². The molecule has 1 heterocycles. The Hall–Kier alpha value is -1.56. The van der Waals surface area contributed by atoms with Crippen LogP contribution in [0.3, 0.4) is 0 Å². The van der Waals surface area contributed by atoms with Gasteiger partial charge in [0.25, 0.3) is 0 Å². The minimum absolute atomic E-state index is 0.251. The number of likely N-dealkylation sites (N-methyl/N-ethyl adjacent to an activating group) is 1. The second-order valence-electron chi connectivity index (χ2n) is 3.97. The van der Waals surface area contributed by atoms with Gasteiger partial charge in [-0.2, -0.15) is 5.10 Å². The van der Waals surface area contributed by atoms with Crippen molar-refractivity contribution in [2.45, 2.75) is 6.92 Å². The number of nitrogens with one attached hydrogen (secondary N) is 1. The van der Waals surface area contributed by atoms with Gasteiger partial charge in [-0.25, -0.2) is 4.79 Å². The molecule has 0 atom stereocenters. The first-order valence-corrected chi connectivity index (χ1v) is 5.09. The molecule has 0 aromatic carbocycles. The highest BCUT2D eigenvalue weighted by Gasteiger charge is 2.18. The predicted octanol–water partition coefficient (Wildman–Crippen LogP) is 0.400. The van der Waals surface area contributed by atoms with E-state index in [0.29, 0.717) is 18.1 Å². The van der Waals surface area contributed by atoms with Gasteiger partial charge in [-0.15, -0.1) is 0 Å². The summed E-state index contributed by atoms with van der Waals surface area (Å²) in [5.74, 6) is -0.384. The Morgan fingerprint density at radius 2 is 2.19 bits per heavy atom. The molecule has 0 fully saturated rings. The van der Waals surface area contributed by atoms with E-state index in [4.69, 9.17) is 5.11 Å². The van der Waals surface area contributed by atoms with E-state index in [9.17, 15) is 4.79 Å². The first-order chi connectivity index (χ1) is 7.43. The van der Waals surface area contributed by atoms with Gasteiger partial charge in [-0.1, -0.05) is 0 Å². The van der Waals surface area contributed by atoms with Crippen LogP contribution in [0, 0.1) is 6.92 Å². The lowest BCUT2D eigenvalue weighted by molar-refractivity contribution is 0.0697. The maximum atomic E-state index is 11.0. The van der Waals surface area contributed by atoms with Crippen molar-refractivity contribution in [3.05, 3.63) is 11.3 Å². The molecule has 0 amide bonds. The zero-order valence-corrected chi connectivity index (χ0v) is 10.1. The number of rotatable bonds is 5. The van der Waals surface area contributed by atoms with Gasteiger partial charge in [0, 0.05) is 20.1 Å². The number of nitrogens with zero attached hydrogens (tertiary/aromatic N) is 3. The van der Waals surface area contributed by atoms with Crippen LogP contribution in [0.5, 0.6) is 0 Å². The van der Waals surface area contributed by atoms with Gasteiger partial charge < -0.3 is 15.3 Å². The molecule has 0 unspecified atom stereocenters. The molecule has 2 N–H and O–H groups in total. The molecule has 0 aliphatic heterocycles. The molecule has 1 aromatic heterocycles. The first-order valence-electron chi connectivity index (χ1n) is 5.09. The van der Waals surface area contributed by atoms with E-state index in [1.54, 1.807) is 18.7 Å². The van der Waals surface area contributed by atoms with Crippen molar-refractivity contribution < 1.29 is 9.90 Å². The molecule has 1 aromatic rings. The molecule has 0 saturated heterocycles. The summed E-state index contributed by atoms with van der Waals surface area (Å²) in [6.07, 6.45) is 0. The number of hydrogen-bond donors (Lipinski definition) is 2. The second-order valence-corrected chi connectivity index (χ2v) is 3.97. The van der Waals surface area contributed by atoms with E-state index in [1.807, 2.05) is 19.0 Å². The molecule has 0 radical (unpaired) electrons. The SMILES string of the molecule is Cc1nn(C)c(NCCN(C)C)c1C(=O)O. The van der Waals surface area contributed by atoms with Crippen LogP contribution in [-0.2, 0) is 7.05 Å². The molecule has 16 heavy (non-hydrogen) atoms. The van der Waals surface area contributed by atoms with Crippen LogP contribution >= 0.6 is 0 Å². The summed E-state index contributed by atoms with van der Waals surface area (Å²) in [4.78, 5) is 13.1. The summed E-state index contributed by atoms with van der Waals surface area (Å²) in [6.45, 7) is 3.22. The highest BCUT2D eigenvalue weighted by molar-refractivity contribution is 5.94. The third kappa shape index (κ3) is 2.73. The van der Waals surface area contributed by atoms with Crippen LogP contribution < -0.4 is 5.32 Å². The van der Waals surface area contributed by atoms with Gasteiger partial charge >= 0.3 is 5.97 Å². The molecule has 0 saturated carbocycles. The van der Waals surface area contributed by atoms with E-state index >= 15 is 0 Å². The average molecular weight is 226 g/mol. The quantitative estimate of drug-likeness (QED) is 0.760. The Bertz CT molecular complexity index is 384. The molecule has 6 heteroatoms. The Kier molecular flexibility index (Phi) is 3.89. The van der Waals surface area contributed by atoms with Crippen molar-refractivity contribution in [1.29, 1.82) is 0 Å². The average Bonchev–Trinajstić information content (AvgIpc) is 2.40. The highest BCUT2D eigenvalue weighted by Crippen LogP contribution is 2.18. The summed E-state index contributed by atoms with van der Waals surface area (Å²) in [5.41, 5.74) is 0.781. The number of aromatic nitrogens is 2. The first kappa shape index (κ1) is 12.5. The molecule has 6 nitrogen and oxygen atoms in total. The number of aromatic carboxylic acids is 1. The van der Waals surface area contributed by atoms with Gasteiger partial charge in [0.2, 0.25) is 0 Å². The van der Waals surface area contributed by atoms with E-state index in [0.717, 1.165) is 6.54 Å². The Morgan fingerprint density at radius 1 is 1.56 bits per heavy atom. The lowest BCUT2D eigenvalue weighted by Gasteiger charge is -2.12. The van der Waals surface area contributed by atoms with Gasteiger partial charge in [-0.3, -0.25) is 4.68 Å². The standard InChI is InChI=1S/C10H18N4O2/c1-7-8(10(15)16)9(14(4)12-7)11-5-6-13(2)3/h11H,5-6H2,1-4H3,(H,15,16).